The third-order valence-electron chi connectivity index (χ3n) is 0.634. The van der Waals surface area contributed by atoms with E-state index >= 15 is 0 Å². The number of amides is 1. The Labute approximate surface area is 58.0 Å². The summed E-state index contributed by atoms with van der Waals surface area (Å²) in [5, 5.41) is -0.00347. The van der Waals surface area contributed by atoms with Gasteiger partial charge < -0.3 is 0 Å². The van der Waals surface area contributed by atoms with Crippen LogP contribution in [-0.2, 0) is 9.59 Å². The van der Waals surface area contributed by atoms with Gasteiger partial charge in [0.05, 0.1) is 0 Å². The molecule has 0 atom stereocenters. The van der Waals surface area contributed by atoms with Crippen molar-refractivity contribution in [3.05, 3.63) is 0 Å². The zero-order valence-corrected chi connectivity index (χ0v) is 5.96. The lowest BCUT2D eigenvalue weighted by Crippen LogP contribution is -1.99. The van der Waals surface area contributed by atoms with Gasteiger partial charge in [-0.25, -0.2) is 0 Å². The highest BCUT2D eigenvalue weighted by Crippen LogP contribution is 2.01. The van der Waals surface area contributed by atoms with Crippen LogP contribution in [-0.4, -0.2) is 16.8 Å². The molecule has 0 bridgehead atoms. The first-order chi connectivity index (χ1) is 4.13. The van der Waals surface area contributed by atoms with Crippen molar-refractivity contribution in [3.63, 3.8) is 0 Å². The highest BCUT2D eigenvalue weighted by Gasteiger charge is 1.97. The summed E-state index contributed by atoms with van der Waals surface area (Å²) >= 11 is 1.08. The van der Waals surface area contributed by atoms with Crippen LogP contribution in [0.4, 0.5) is 0 Å². The fraction of sp³-hybridized carbons (Fsp3) is 0.600. The van der Waals surface area contributed by atoms with Crippen molar-refractivity contribution >= 4 is 22.8 Å². The van der Waals surface area contributed by atoms with Gasteiger partial charge in [0, 0.05) is 19.1 Å². The Bertz CT molecular complexity index is 110. The van der Waals surface area contributed by atoms with E-state index in [-0.39, 0.29) is 11.5 Å². The number of carbonyl (C=O) groups is 2. The molecule has 1 radical (unpaired) electrons. The molecule has 51 valence electrons. The average Bonchev–Trinajstić information content (AvgIpc) is 1.63. The maximum atomic E-state index is 10.2. The maximum absolute atomic E-state index is 10.2. The molecular weight excluding hydrogens is 138 g/mol. The molecule has 0 aromatic heterocycles. The van der Waals surface area contributed by atoms with Crippen LogP contribution >= 0.6 is 11.8 Å². The van der Waals surface area contributed by atoms with Crippen molar-refractivity contribution in [2.75, 3.05) is 5.75 Å². The van der Waals surface area contributed by atoms with Gasteiger partial charge in [0.1, 0.15) is 0 Å². The summed E-state index contributed by atoms with van der Waals surface area (Å²) in [4.78, 5) is 20.2. The lowest BCUT2D eigenvalue weighted by Gasteiger charge is -1.89. The van der Waals surface area contributed by atoms with Crippen molar-refractivity contribution in [2.45, 2.75) is 13.3 Å². The van der Waals surface area contributed by atoms with Crippen LogP contribution in [0.15, 0.2) is 0 Å². The van der Waals surface area contributed by atoms with E-state index < -0.39 is 5.91 Å². The summed E-state index contributed by atoms with van der Waals surface area (Å²) in [6.45, 7) is 1.44. The largest absolute Gasteiger partial charge is 0.288 e. The van der Waals surface area contributed by atoms with Gasteiger partial charge in [-0.1, -0.05) is 11.8 Å². The van der Waals surface area contributed by atoms with Crippen LogP contribution < -0.4 is 5.73 Å². The molecule has 0 rings (SSSR count). The molecule has 9 heavy (non-hydrogen) atoms. The van der Waals surface area contributed by atoms with Crippen molar-refractivity contribution in [1.29, 1.82) is 0 Å². The summed E-state index contributed by atoms with van der Waals surface area (Å²) in [5.41, 5.74) is 6.46. The second-order valence-electron chi connectivity index (χ2n) is 1.51. The van der Waals surface area contributed by atoms with Crippen molar-refractivity contribution in [2.24, 2.45) is 0 Å². The molecule has 1 N–H and O–H groups in total. The number of carbonyl (C=O) groups excluding carboxylic acids is 2. The minimum atomic E-state index is -0.608. The molecule has 0 saturated heterocycles. The van der Waals surface area contributed by atoms with E-state index in [9.17, 15) is 9.59 Å². The number of nitrogens with one attached hydrogen (secondary N) is 1. The van der Waals surface area contributed by atoms with Crippen molar-refractivity contribution in [1.82, 2.24) is 5.73 Å². The number of thioether (sulfide) groups is 1. The first kappa shape index (κ1) is 8.49. The molecule has 4 heteroatoms. The molecule has 0 unspecified atom stereocenters. The second-order valence-corrected chi connectivity index (χ2v) is 2.79. The van der Waals surface area contributed by atoms with E-state index in [1.54, 1.807) is 0 Å². The van der Waals surface area contributed by atoms with Crippen LogP contribution in [0.2, 0.25) is 0 Å². The molecule has 0 aliphatic carbocycles. The monoisotopic (exact) mass is 146 g/mol. The summed E-state index contributed by atoms with van der Waals surface area (Å²) in [6, 6.07) is 0. The van der Waals surface area contributed by atoms with E-state index in [0.29, 0.717) is 5.75 Å². The summed E-state index contributed by atoms with van der Waals surface area (Å²) in [5.74, 6) is -0.166. The molecule has 3 nitrogen and oxygen atoms in total. The molecule has 0 aromatic rings. The number of hydrogen-bond acceptors (Lipinski definition) is 3. The number of hydrogen-bond donors (Lipinski definition) is 0. The highest BCUT2D eigenvalue weighted by molar-refractivity contribution is 8.13. The van der Waals surface area contributed by atoms with Gasteiger partial charge in [0.15, 0.2) is 5.12 Å². The fourth-order valence-electron chi connectivity index (χ4n) is 0.287. The van der Waals surface area contributed by atoms with Gasteiger partial charge in [-0.05, 0) is 0 Å². The minimum absolute atomic E-state index is 0.00347. The molecule has 0 saturated carbocycles. The van der Waals surface area contributed by atoms with E-state index in [2.05, 4.69) is 0 Å². The Morgan fingerprint density at radius 3 is 2.44 bits per heavy atom. The van der Waals surface area contributed by atoms with E-state index in [4.69, 9.17) is 5.73 Å². The standard InChI is InChI=1S/C5H8NO2S/c1-4(7)9-3-2-5(6)8/h6H,2-3H2,1H3. The van der Waals surface area contributed by atoms with Gasteiger partial charge in [0.2, 0.25) is 5.91 Å². The molecular formula is C5H8NO2S. The highest BCUT2D eigenvalue weighted by atomic mass is 32.2. The van der Waals surface area contributed by atoms with Gasteiger partial charge in [-0.3, -0.25) is 15.3 Å². The molecule has 0 aromatic carbocycles. The van der Waals surface area contributed by atoms with Gasteiger partial charge in [-0.2, -0.15) is 0 Å². The Kier molecular flexibility index (Phi) is 4.13. The van der Waals surface area contributed by atoms with Crippen molar-refractivity contribution in [3.8, 4) is 0 Å². The molecule has 1 amide bonds. The predicted molar refractivity (Wildman–Crippen MR) is 35.9 cm³/mol. The summed E-state index contributed by atoms with van der Waals surface area (Å²) in [6.07, 6.45) is 0.171. The quantitative estimate of drug-likeness (QED) is 0.581. The van der Waals surface area contributed by atoms with Crippen LogP contribution in [0.1, 0.15) is 13.3 Å². The first-order valence-corrected chi connectivity index (χ1v) is 3.49. The SMILES string of the molecule is CC(=O)SCCC([NH])=O. The molecule has 0 heterocycles. The Balaban J connectivity index is 3.10. The summed E-state index contributed by atoms with van der Waals surface area (Å²) < 4.78 is 0. The normalized spacial score (nSPS) is 9.00. The second kappa shape index (κ2) is 4.38. The lowest BCUT2D eigenvalue weighted by atomic mass is 10.5. The maximum Gasteiger partial charge on any atom is 0.239 e. The topological polar surface area (TPSA) is 57.9 Å². The zero-order valence-electron chi connectivity index (χ0n) is 5.14. The number of rotatable bonds is 3. The third kappa shape index (κ3) is 7.49. The smallest absolute Gasteiger partial charge is 0.239 e. The average molecular weight is 146 g/mol. The van der Waals surface area contributed by atoms with Crippen LogP contribution in [0.3, 0.4) is 0 Å². The zero-order chi connectivity index (χ0) is 7.28. The third-order valence-corrected chi connectivity index (χ3v) is 1.45. The summed E-state index contributed by atoms with van der Waals surface area (Å²) in [7, 11) is 0. The van der Waals surface area contributed by atoms with Gasteiger partial charge in [0.25, 0.3) is 0 Å². The molecule has 0 aliphatic rings. The van der Waals surface area contributed by atoms with E-state index in [1.165, 1.54) is 6.92 Å². The first-order valence-electron chi connectivity index (χ1n) is 2.50. The Morgan fingerprint density at radius 2 is 2.11 bits per heavy atom. The minimum Gasteiger partial charge on any atom is -0.288 e. The molecule has 0 spiro atoms. The van der Waals surface area contributed by atoms with Gasteiger partial charge in [-0.15, -0.1) is 0 Å². The Hall–Kier alpha value is -0.510. The molecule has 0 aliphatic heterocycles. The van der Waals surface area contributed by atoms with Crippen LogP contribution in [0, 0.1) is 0 Å². The fourth-order valence-corrected chi connectivity index (χ4v) is 0.862. The predicted octanol–water partition coefficient (Wildman–Crippen LogP) is 0.466. The van der Waals surface area contributed by atoms with Crippen LogP contribution in [0.25, 0.3) is 0 Å². The molecule has 0 fully saturated rings. The van der Waals surface area contributed by atoms with Crippen LogP contribution in [0.5, 0.6) is 0 Å². The van der Waals surface area contributed by atoms with E-state index in [1.807, 2.05) is 0 Å². The van der Waals surface area contributed by atoms with E-state index in [0.717, 1.165) is 11.8 Å². The lowest BCUT2D eigenvalue weighted by molar-refractivity contribution is -0.118. The van der Waals surface area contributed by atoms with Gasteiger partial charge >= 0.3 is 0 Å². The Morgan fingerprint density at radius 1 is 1.56 bits per heavy atom. The van der Waals surface area contributed by atoms with Crippen molar-refractivity contribution < 1.29 is 9.59 Å².